The van der Waals surface area contributed by atoms with Crippen LogP contribution in [0, 0.1) is 6.92 Å². The molecule has 35 heavy (non-hydrogen) atoms. The highest BCUT2D eigenvalue weighted by Crippen LogP contribution is 2.43. The number of halogens is 2. The van der Waals surface area contributed by atoms with Gasteiger partial charge in [-0.25, -0.2) is 4.98 Å². The Labute approximate surface area is 198 Å². The Morgan fingerprint density at radius 1 is 1.11 bits per heavy atom. The highest BCUT2D eigenvalue weighted by atomic mass is 19.3. The molecule has 0 bridgehead atoms. The number of carbonyl (C=O) groups is 1. The Balaban J connectivity index is 1.41. The Morgan fingerprint density at radius 2 is 1.89 bits per heavy atom. The Bertz CT molecular complexity index is 1470. The van der Waals surface area contributed by atoms with Crippen molar-refractivity contribution in [3.8, 4) is 22.8 Å². The van der Waals surface area contributed by atoms with Gasteiger partial charge in [0, 0.05) is 10.9 Å². The van der Waals surface area contributed by atoms with Crippen molar-refractivity contribution in [1.29, 1.82) is 0 Å². The van der Waals surface area contributed by atoms with Gasteiger partial charge in [-0.3, -0.25) is 9.89 Å². The van der Waals surface area contributed by atoms with Crippen molar-refractivity contribution in [2.45, 2.75) is 39.1 Å². The first-order valence-electron chi connectivity index (χ1n) is 10.8. The average Bonchev–Trinajstić information content (AvgIpc) is 3.37. The number of carbonyl (C=O) groups excluding carboxylic acids is 1. The molecule has 5 rings (SSSR count). The summed E-state index contributed by atoms with van der Waals surface area (Å²) in [5.41, 5.74) is 3.11. The van der Waals surface area contributed by atoms with Crippen LogP contribution in [0.1, 0.15) is 30.7 Å². The molecule has 0 spiro atoms. The zero-order valence-corrected chi connectivity index (χ0v) is 19.1. The van der Waals surface area contributed by atoms with Gasteiger partial charge in [-0.2, -0.15) is 5.10 Å². The van der Waals surface area contributed by atoms with E-state index in [0.29, 0.717) is 22.8 Å². The van der Waals surface area contributed by atoms with Crippen LogP contribution in [-0.2, 0) is 16.8 Å². The third-order valence-corrected chi connectivity index (χ3v) is 6.09. The van der Waals surface area contributed by atoms with Gasteiger partial charge in [0.05, 0.1) is 28.9 Å². The summed E-state index contributed by atoms with van der Waals surface area (Å²) in [7, 11) is 0. The number of rotatable bonds is 5. The summed E-state index contributed by atoms with van der Waals surface area (Å²) in [4.78, 5) is 17.8. The molecule has 3 heterocycles. The lowest BCUT2D eigenvalue weighted by atomic mass is 9.83. The van der Waals surface area contributed by atoms with E-state index >= 15 is 0 Å². The predicted molar refractivity (Wildman–Crippen MR) is 124 cm³/mol. The van der Waals surface area contributed by atoms with Crippen molar-refractivity contribution in [2.24, 2.45) is 0 Å². The van der Waals surface area contributed by atoms with E-state index in [2.05, 4.69) is 30.0 Å². The van der Waals surface area contributed by atoms with E-state index in [1.807, 2.05) is 31.2 Å². The average molecular weight is 480 g/mol. The second-order valence-electron chi connectivity index (χ2n) is 8.86. The van der Waals surface area contributed by atoms with Crippen LogP contribution in [0.25, 0.3) is 22.2 Å². The molecule has 1 amide bonds. The van der Waals surface area contributed by atoms with Crippen LogP contribution in [-0.4, -0.2) is 32.5 Å². The Hall–Kier alpha value is -4.05. The van der Waals surface area contributed by atoms with Gasteiger partial charge < -0.3 is 19.9 Å². The molecular weight excluding hydrogens is 458 g/mol. The third kappa shape index (κ3) is 4.06. The van der Waals surface area contributed by atoms with Crippen molar-refractivity contribution < 1.29 is 28.2 Å². The maximum absolute atomic E-state index is 13.4. The number of amides is 1. The molecular formula is C25H22F2N4O4. The molecule has 1 aliphatic heterocycles. The number of aryl methyl sites for hydroxylation is 1. The van der Waals surface area contributed by atoms with Gasteiger partial charge in [-0.15, -0.1) is 8.78 Å². The van der Waals surface area contributed by atoms with E-state index in [0.717, 1.165) is 22.0 Å². The first kappa shape index (κ1) is 22.7. The number of H-pyrrole nitrogens is 1. The molecule has 2 aromatic carbocycles. The number of aliphatic hydroxyl groups excluding tert-OH is 1. The second kappa shape index (κ2) is 8.02. The van der Waals surface area contributed by atoms with Crippen molar-refractivity contribution >= 4 is 22.6 Å². The highest BCUT2D eigenvalue weighted by Gasteiger charge is 2.44. The molecule has 3 N–H and O–H groups in total. The molecule has 1 aliphatic rings. The number of ether oxygens (including phenoxy) is 2. The maximum Gasteiger partial charge on any atom is 0.586 e. The van der Waals surface area contributed by atoms with Crippen molar-refractivity contribution in [2.75, 3.05) is 5.32 Å². The van der Waals surface area contributed by atoms with E-state index in [1.54, 1.807) is 26.0 Å². The lowest BCUT2D eigenvalue weighted by Crippen LogP contribution is -2.35. The van der Waals surface area contributed by atoms with Gasteiger partial charge in [0.1, 0.15) is 5.82 Å². The van der Waals surface area contributed by atoms with Crippen LogP contribution < -0.4 is 14.8 Å². The minimum atomic E-state index is -3.73. The summed E-state index contributed by atoms with van der Waals surface area (Å²) in [5.74, 6) is -0.235. The number of pyridine rings is 1. The number of nitrogens with zero attached hydrogens (tertiary/aromatic N) is 2. The number of aromatic amines is 1. The van der Waals surface area contributed by atoms with Crippen LogP contribution in [0.4, 0.5) is 14.6 Å². The van der Waals surface area contributed by atoms with Gasteiger partial charge in [-0.05, 0) is 56.2 Å². The molecule has 8 nitrogen and oxygen atoms in total. The van der Waals surface area contributed by atoms with E-state index in [-0.39, 0.29) is 24.0 Å². The quantitative estimate of drug-likeness (QED) is 0.383. The number of aliphatic hydroxyl groups is 1. The monoisotopic (exact) mass is 480 g/mol. The summed E-state index contributed by atoms with van der Waals surface area (Å²) < 4.78 is 35.7. The molecule has 2 aromatic heterocycles. The number of anilines is 1. The first-order valence-corrected chi connectivity index (χ1v) is 10.8. The second-order valence-corrected chi connectivity index (χ2v) is 8.86. The molecule has 0 aliphatic carbocycles. The number of hydrogen-bond acceptors (Lipinski definition) is 6. The standard InChI is InChI=1S/C25H22F2N4O4/c1-13-4-9-21(28-22(13)14-5-7-16-17(10-14)30-31-18(16)12-32)29-23(33)24(2,3)15-6-8-19-20(11-15)35-25(26,27)34-19/h4-11,32H,12H2,1-3H3,(H,30,31)(H,28,29,33). The highest BCUT2D eigenvalue weighted by molar-refractivity contribution is 5.98. The van der Waals surface area contributed by atoms with E-state index in [9.17, 15) is 18.7 Å². The van der Waals surface area contributed by atoms with E-state index in [1.165, 1.54) is 12.1 Å². The Morgan fingerprint density at radius 3 is 2.66 bits per heavy atom. The number of nitrogens with one attached hydrogen (secondary N) is 2. The molecule has 4 aromatic rings. The molecule has 180 valence electrons. The van der Waals surface area contributed by atoms with Crippen LogP contribution in [0.5, 0.6) is 11.5 Å². The molecule has 10 heteroatoms. The minimum absolute atomic E-state index is 0.0832. The van der Waals surface area contributed by atoms with Crippen LogP contribution in [0.15, 0.2) is 48.5 Å². The molecule has 0 unspecified atom stereocenters. The topological polar surface area (TPSA) is 109 Å². The van der Waals surface area contributed by atoms with Crippen LogP contribution in [0.2, 0.25) is 0 Å². The number of alkyl halides is 2. The number of fused-ring (bicyclic) bond motifs is 2. The van der Waals surface area contributed by atoms with Gasteiger partial charge >= 0.3 is 6.29 Å². The SMILES string of the molecule is Cc1ccc(NC(=O)C(C)(C)c2ccc3c(c2)OC(F)(F)O3)nc1-c1ccc2c(CO)n[nH]c2c1. The zero-order valence-electron chi connectivity index (χ0n) is 19.1. The molecule has 0 saturated heterocycles. The molecule has 0 atom stereocenters. The molecule has 0 saturated carbocycles. The fourth-order valence-corrected chi connectivity index (χ4v) is 3.98. The molecule has 0 fully saturated rings. The normalized spacial score (nSPS) is 14.3. The lowest BCUT2D eigenvalue weighted by Gasteiger charge is -2.24. The first-order chi connectivity index (χ1) is 16.6. The van der Waals surface area contributed by atoms with Crippen LogP contribution >= 0.6 is 0 Å². The largest absolute Gasteiger partial charge is 0.586 e. The summed E-state index contributed by atoms with van der Waals surface area (Å²) in [5, 5.41) is 20.1. The Kier molecular flexibility index (Phi) is 5.21. The van der Waals surface area contributed by atoms with Gasteiger partial charge in [-0.1, -0.05) is 24.3 Å². The molecule has 0 radical (unpaired) electrons. The van der Waals surface area contributed by atoms with Crippen molar-refractivity contribution in [3.05, 3.63) is 65.4 Å². The summed E-state index contributed by atoms with van der Waals surface area (Å²) >= 11 is 0. The van der Waals surface area contributed by atoms with Gasteiger partial charge in [0.15, 0.2) is 11.5 Å². The summed E-state index contributed by atoms with van der Waals surface area (Å²) in [6.45, 7) is 5.10. The van der Waals surface area contributed by atoms with Crippen molar-refractivity contribution in [1.82, 2.24) is 15.2 Å². The number of hydrogen-bond donors (Lipinski definition) is 3. The minimum Gasteiger partial charge on any atom is -0.395 e. The van der Waals surface area contributed by atoms with Crippen molar-refractivity contribution in [3.63, 3.8) is 0 Å². The fraction of sp³-hybridized carbons (Fsp3) is 0.240. The summed E-state index contributed by atoms with van der Waals surface area (Å²) in [6.07, 6.45) is -3.73. The van der Waals surface area contributed by atoms with E-state index < -0.39 is 11.7 Å². The maximum atomic E-state index is 13.4. The van der Waals surface area contributed by atoms with Gasteiger partial charge in [0.2, 0.25) is 5.91 Å². The number of benzene rings is 2. The predicted octanol–water partition coefficient (Wildman–Crippen LogP) is 4.66. The van der Waals surface area contributed by atoms with Gasteiger partial charge in [0.25, 0.3) is 0 Å². The smallest absolute Gasteiger partial charge is 0.395 e. The number of aromatic nitrogens is 3. The van der Waals surface area contributed by atoms with Crippen LogP contribution in [0.3, 0.4) is 0 Å². The summed E-state index contributed by atoms with van der Waals surface area (Å²) in [6, 6.07) is 13.5. The third-order valence-electron chi connectivity index (χ3n) is 6.09. The zero-order chi connectivity index (χ0) is 25.0. The fourth-order valence-electron chi connectivity index (χ4n) is 3.98. The lowest BCUT2D eigenvalue weighted by molar-refractivity contribution is -0.286. The van der Waals surface area contributed by atoms with E-state index in [4.69, 9.17) is 0 Å².